The van der Waals surface area contributed by atoms with Crippen molar-refractivity contribution in [3.63, 3.8) is 0 Å². The number of hydrogen-bond acceptors (Lipinski definition) is 2. The molecule has 0 aromatic heterocycles. The van der Waals surface area contributed by atoms with Crippen molar-refractivity contribution in [1.82, 2.24) is 0 Å². The van der Waals surface area contributed by atoms with Crippen molar-refractivity contribution in [3.8, 4) is 0 Å². The van der Waals surface area contributed by atoms with E-state index in [1.807, 2.05) is 62.4 Å². The van der Waals surface area contributed by atoms with Crippen LogP contribution in [-0.2, 0) is 6.42 Å². The molecule has 0 saturated heterocycles. The monoisotopic (exact) mass is 532 g/mol. The second-order valence-electron chi connectivity index (χ2n) is 8.55. The van der Waals surface area contributed by atoms with Gasteiger partial charge in [-0.1, -0.05) is 59.6 Å². The summed E-state index contributed by atoms with van der Waals surface area (Å²) < 4.78 is 0. The fourth-order valence-electron chi connectivity index (χ4n) is 3.70. The second-order valence-corrected chi connectivity index (χ2v) is 9.37. The molecule has 0 radical (unpaired) electrons. The lowest BCUT2D eigenvalue weighted by molar-refractivity contribution is 0.261. The van der Waals surface area contributed by atoms with Gasteiger partial charge in [0.2, 0.25) is 0 Å². The number of amides is 4. The van der Waals surface area contributed by atoms with Gasteiger partial charge in [-0.05, 0) is 91.1 Å². The molecule has 4 amide bonds. The Morgan fingerprint density at radius 2 is 0.946 bits per heavy atom. The average molecular weight is 533 g/mol. The molecule has 4 rings (SSSR count). The zero-order chi connectivity index (χ0) is 26.4. The van der Waals surface area contributed by atoms with E-state index in [4.69, 9.17) is 23.2 Å². The molecule has 0 atom stereocenters. The van der Waals surface area contributed by atoms with E-state index >= 15 is 0 Å². The molecule has 0 fully saturated rings. The summed E-state index contributed by atoms with van der Waals surface area (Å²) in [5, 5.41) is 12.5. The predicted molar refractivity (Wildman–Crippen MR) is 153 cm³/mol. The number of rotatable bonds is 6. The first-order valence-corrected chi connectivity index (χ1v) is 12.4. The molecule has 0 aliphatic rings. The largest absolute Gasteiger partial charge is 0.323 e. The van der Waals surface area contributed by atoms with Gasteiger partial charge in [-0.25, -0.2) is 9.59 Å². The van der Waals surface area contributed by atoms with E-state index in [1.165, 1.54) is 0 Å². The lowest BCUT2D eigenvalue weighted by atomic mass is 10.0. The molecule has 4 N–H and O–H groups in total. The SMILES string of the molecule is Cc1c(Cl)cccc1NC(=O)Nc1ccc(Cc2ccc(NC(=O)Nc3cccc(Cl)c3C)cc2)cc1. The molecule has 4 aromatic rings. The maximum Gasteiger partial charge on any atom is 0.323 e. The highest BCUT2D eigenvalue weighted by Crippen LogP contribution is 2.24. The van der Waals surface area contributed by atoms with Crippen LogP contribution in [0.2, 0.25) is 10.0 Å². The van der Waals surface area contributed by atoms with Crippen molar-refractivity contribution in [2.45, 2.75) is 20.3 Å². The summed E-state index contributed by atoms with van der Waals surface area (Å²) in [5.41, 5.74) is 6.49. The summed E-state index contributed by atoms with van der Waals surface area (Å²) in [6.45, 7) is 3.71. The first kappa shape index (κ1) is 26.1. The maximum absolute atomic E-state index is 12.4. The van der Waals surface area contributed by atoms with Crippen LogP contribution >= 0.6 is 23.2 Å². The Hall–Kier alpha value is -4.00. The summed E-state index contributed by atoms with van der Waals surface area (Å²) in [7, 11) is 0. The highest BCUT2D eigenvalue weighted by molar-refractivity contribution is 6.32. The zero-order valence-electron chi connectivity index (χ0n) is 20.4. The van der Waals surface area contributed by atoms with E-state index in [1.54, 1.807) is 36.4 Å². The van der Waals surface area contributed by atoms with Gasteiger partial charge in [-0.2, -0.15) is 0 Å². The van der Waals surface area contributed by atoms with Crippen LogP contribution in [-0.4, -0.2) is 12.1 Å². The van der Waals surface area contributed by atoms with Gasteiger partial charge in [-0.3, -0.25) is 0 Å². The summed E-state index contributed by atoms with van der Waals surface area (Å²) in [4.78, 5) is 24.7. The standard InChI is InChI=1S/C29H26Cl2N4O2/c1-18-24(30)5-3-7-26(18)34-28(36)32-22-13-9-20(10-14-22)17-21-11-15-23(16-12-21)33-29(37)35-27-8-4-6-25(31)19(27)2/h3-16H,17H2,1-2H3,(H2,32,34,36)(H2,33,35,37). The Balaban J connectivity index is 1.29. The molecular weight excluding hydrogens is 507 g/mol. The molecule has 0 spiro atoms. The van der Waals surface area contributed by atoms with Gasteiger partial charge in [0.25, 0.3) is 0 Å². The van der Waals surface area contributed by atoms with Crippen LogP contribution in [0.15, 0.2) is 84.9 Å². The minimum absolute atomic E-state index is 0.337. The zero-order valence-corrected chi connectivity index (χ0v) is 21.9. The molecule has 0 heterocycles. The Kier molecular flexibility index (Phi) is 8.33. The van der Waals surface area contributed by atoms with Crippen LogP contribution in [0.5, 0.6) is 0 Å². The molecule has 6 nitrogen and oxygen atoms in total. The van der Waals surface area contributed by atoms with Gasteiger partial charge in [0.05, 0.1) is 0 Å². The highest BCUT2D eigenvalue weighted by atomic mass is 35.5. The van der Waals surface area contributed by atoms with Gasteiger partial charge in [0, 0.05) is 32.8 Å². The van der Waals surface area contributed by atoms with Crippen LogP contribution in [0.25, 0.3) is 0 Å². The Bertz CT molecular complexity index is 1310. The topological polar surface area (TPSA) is 82.3 Å². The molecule has 0 unspecified atom stereocenters. The minimum atomic E-state index is -0.337. The van der Waals surface area contributed by atoms with Crippen molar-refractivity contribution in [1.29, 1.82) is 0 Å². The molecule has 37 heavy (non-hydrogen) atoms. The van der Waals surface area contributed by atoms with Crippen molar-refractivity contribution < 1.29 is 9.59 Å². The van der Waals surface area contributed by atoms with Gasteiger partial charge in [0.15, 0.2) is 0 Å². The molecule has 8 heteroatoms. The summed E-state index contributed by atoms with van der Waals surface area (Å²) in [5.74, 6) is 0. The number of urea groups is 2. The van der Waals surface area contributed by atoms with Crippen molar-refractivity contribution >= 4 is 58.0 Å². The number of benzene rings is 4. The highest BCUT2D eigenvalue weighted by Gasteiger charge is 2.09. The van der Waals surface area contributed by atoms with Crippen LogP contribution in [0.4, 0.5) is 32.3 Å². The van der Waals surface area contributed by atoms with E-state index in [0.717, 1.165) is 22.3 Å². The quantitative estimate of drug-likeness (QED) is 0.200. The predicted octanol–water partition coefficient (Wildman–Crippen LogP) is 8.49. The van der Waals surface area contributed by atoms with E-state index in [9.17, 15) is 9.59 Å². The molecule has 0 aliphatic carbocycles. The van der Waals surface area contributed by atoms with Gasteiger partial charge in [0.1, 0.15) is 0 Å². The lowest BCUT2D eigenvalue weighted by Gasteiger charge is -2.12. The Morgan fingerprint density at radius 3 is 1.32 bits per heavy atom. The van der Waals surface area contributed by atoms with Crippen molar-refractivity contribution in [3.05, 3.63) is 117 Å². The number of nitrogens with one attached hydrogen (secondary N) is 4. The van der Waals surface area contributed by atoms with Gasteiger partial charge in [-0.15, -0.1) is 0 Å². The van der Waals surface area contributed by atoms with Crippen molar-refractivity contribution in [2.75, 3.05) is 21.3 Å². The van der Waals surface area contributed by atoms with E-state index in [-0.39, 0.29) is 12.1 Å². The molecule has 0 bridgehead atoms. The summed E-state index contributed by atoms with van der Waals surface area (Å²) in [6.07, 6.45) is 0.711. The average Bonchev–Trinajstić information content (AvgIpc) is 2.87. The Morgan fingerprint density at radius 1 is 0.568 bits per heavy atom. The lowest BCUT2D eigenvalue weighted by Crippen LogP contribution is -2.20. The molecule has 0 aliphatic heterocycles. The van der Waals surface area contributed by atoms with E-state index in [2.05, 4.69) is 21.3 Å². The maximum atomic E-state index is 12.4. The smallest absolute Gasteiger partial charge is 0.308 e. The third-order valence-corrected chi connectivity index (χ3v) is 6.68. The molecular formula is C29H26Cl2N4O2. The summed E-state index contributed by atoms with van der Waals surface area (Å²) >= 11 is 12.2. The number of hydrogen-bond donors (Lipinski definition) is 4. The number of carbonyl (C=O) groups is 2. The van der Waals surface area contributed by atoms with Crippen molar-refractivity contribution in [2.24, 2.45) is 0 Å². The van der Waals surface area contributed by atoms with Crippen LogP contribution in [0.3, 0.4) is 0 Å². The third kappa shape index (κ3) is 7.03. The fourth-order valence-corrected chi connectivity index (χ4v) is 4.05. The number of carbonyl (C=O) groups excluding carboxylic acids is 2. The summed E-state index contributed by atoms with van der Waals surface area (Å²) in [6, 6.07) is 25.4. The van der Waals surface area contributed by atoms with Crippen LogP contribution < -0.4 is 21.3 Å². The van der Waals surface area contributed by atoms with Crippen LogP contribution in [0.1, 0.15) is 22.3 Å². The van der Waals surface area contributed by atoms with Gasteiger partial charge >= 0.3 is 12.1 Å². The minimum Gasteiger partial charge on any atom is -0.308 e. The molecule has 4 aromatic carbocycles. The van der Waals surface area contributed by atoms with E-state index < -0.39 is 0 Å². The second kappa shape index (κ2) is 11.8. The number of anilines is 4. The fraction of sp³-hybridized carbons (Fsp3) is 0.103. The van der Waals surface area contributed by atoms with E-state index in [0.29, 0.717) is 39.2 Å². The van der Waals surface area contributed by atoms with Crippen LogP contribution in [0, 0.1) is 13.8 Å². The first-order chi connectivity index (χ1) is 17.8. The van der Waals surface area contributed by atoms with Gasteiger partial charge < -0.3 is 21.3 Å². The molecule has 188 valence electrons. The third-order valence-electron chi connectivity index (χ3n) is 5.86. The normalized spacial score (nSPS) is 10.5. The first-order valence-electron chi connectivity index (χ1n) is 11.6. The molecule has 0 saturated carbocycles. The number of halogens is 2. The Labute approximate surface area is 226 Å².